The topological polar surface area (TPSA) is 69.7 Å². The normalized spacial score (nSPS) is 18.8. The van der Waals surface area contributed by atoms with Gasteiger partial charge in [-0.25, -0.2) is 0 Å². The Hall–Kier alpha value is -2.37. The van der Waals surface area contributed by atoms with Gasteiger partial charge >= 0.3 is 0 Å². The lowest BCUT2D eigenvalue weighted by Crippen LogP contribution is -2.57. The number of amides is 3. The van der Waals surface area contributed by atoms with Crippen molar-refractivity contribution < 1.29 is 14.4 Å². The van der Waals surface area contributed by atoms with Gasteiger partial charge < -0.3 is 15.1 Å². The predicted molar refractivity (Wildman–Crippen MR) is 112 cm³/mol. The van der Waals surface area contributed by atoms with Crippen LogP contribution in [0.2, 0.25) is 0 Å². The molecule has 6 heteroatoms. The third-order valence-electron chi connectivity index (χ3n) is 6.11. The lowest BCUT2D eigenvalue weighted by atomic mass is 10.0. The van der Waals surface area contributed by atoms with Crippen LogP contribution in [0.3, 0.4) is 0 Å². The summed E-state index contributed by atoms with van der Waals surface area (Å²) in [5, 5.41) is 2.93. The number of carbonyl (C=O) groups is 3. The zero-order valence-electron chi connectivity index (χ0n) is 17.8. The van der Waals surface area contributed by atoms with E-state index in [1.807, 2.05) is 43.9 Å². The van der Waals surface area contributed by atoms with Crippen molar-refractivity contribution in [3.05, 3.63) is 35.4 Å². The second kappa shape index (κ2) is 9.42. The molecule has 2 fully saturated rings. The molecule has 1 atom stereocenters. The fourth-order valence-electron chi connectivity index (χ4n) is 4.30. The highest BCUT2D eigenvalue weighted by atomic mass is 16.2. The Kier molecular flexibility index (Phi) is 6.93. The van der Waals surface area contributed by atoms with E-state index in [1.54, 1.807) is 11.0 Å². The SMILES string of the molecule is Cc1cccc(C(=O)NC(C(=O)N2CCN(C(=O)C3CCCC3)CC2)C(C)C)c1. The van der Waals surface area contributed by atoms with Gasteiger partial charge in [-0.2, -0.15) is 0 Å². The van der Waals surface area contributed by atoms with Gasteiger partial charge in [0.25, 0.3) is 5.91 Å². The largest absolute Gasteiger partial charge is 0.340 e. The van der Waals surface area contributed by atoms with Crippen LogP contribution < -0.4 is 5.32 Å². The van der Waals surface area contributed by atoms with Gasteiger partial charge in [-0.05, 0) is 37.8 Å². The number of piperazine rings is 1. The number of rotatable bonds is 5. The van der Waals surface area contributed by atoms with Crippen LogP contribution in [0, 0.1) is 18.8 Å². The lowest BCUT2D eigenvalue weighted by Gasteiger charge is -2.38. The van der Waals surface area contributed by atoms with E-state index in [0.717, 1.165) is 31.2 Å². The van der Waals surface area contributed by atoms with E-state index < -0.39 is 6.04 Å². The molecule has 0 spiro atoms. The Balaban J connectivity index is 1.58. The Morgan fingerprint density at radius 3 is 2.21 bits per heavy atom. The molecular weight excluding hydrogens is 366 g/mol. The van der Waals surface area contributed by atoms with Crippen LogP contribution >= 0.6 is 0 Å². The molecule has 1 heterocycles. The van der Waals surface area contributed by atoms with Gasteiger partial charge in [-0.1, -0.05) is 44.4 Å². The second-order valence-electron chi connectivity index (χ2n) is 8.70. The minimum Gasteiger partial charge on any atom is -0.340 e. The monoisotopic (exact) mass is 399 g/mol. The maximum Gasteiger partial charge on any atom is 0.251 e. The third-order valence-corrected chi connectivity index (χ3v) is 6.11. The third kappa shape index (κ3) is 5.17. The number of hydrogen-bond donors (Lipinski definition) is 1. The average Bonchev–Trinajstić information content (AvgIpc) is 3.25. The lowest BCUT2D eigenvalue weighted by molar-refractivity contribution is -0.143. The van der Waals surface area contributed by atoms with E-state index in [-0.39, 0.29) is 29.6 Å². The first-order valence-corrected chi connectivity index (χ1v) is 10.8. The Bertz CT molecular complexity index is 747. The fourth-order valence-corrected chi connectivity index (χ4v) is 4.30. The molecule has 1 aromatic carbocycles. The van der Waals surface area contributed by atoms with Crippen molar-refractivity contribution in [1.29, 1.82) is 0 Å². The smallest absolute Gasteiger partial charge is 0.251 e. The number of hydrogen-bond acceptors (Lipinski definition) is 3. The molecule has 1 N–H and O–H groups in total. The maximum atomic E-state index is 13.1. The first-order valence-electron chi connectivity index (χ1n) is 10.8. The summed E-state index contributed by atoms with van der Waals surface area (Å²) >= 11 is 0. The van der Waals surface area contributed by atoms with Crippen LogP contribution in [-0.4, -0.2) is 59.7 Å². The highest BCUT2D eigenvalue weighted by Gasteiger charge is 2.34. The van der Waals surface area contributed by atoms with Crippen LogP contribution in [0.1, 0.15) is 55.5 Å². The Morgan fingerprint density at radius 2 is 1.62 bits per heavy atom. The van der Waals surface area contributed by atoms with E-state index in [0.29, 0.717) is 31.7 Å². The summed E-state index contributed by atoms with van der Waals surface area (Å²) in [5.41, 5.74) is 1.57. The highest BCUT2D eigenvalue weighted by molar-refractivity contribution is 5.97. The van der Waals surface area contributed by atoms with Gasteiger partial charge in [0.15, 0.2) is 0 Å². The fraction of sp³-hybridized carbons (Fsp3) is 0.609. The summed E-state index contributed by atoms with van der Waals surface area (Å²) in [4.78, 5) is 42.1. The van der Waals surface area contributed by atoms with E-state index in [1.165, 1.54) is 0 Å². The van der Waals surface area contributed by atoms with Gasteiger partial charge in [0.1, 0.15) is 6.04 Å². The van der Waals surface area contributed by atoms with Crippen LogP contribution in [0.25, 0.3) is 0 Å². The van der Waals surface area contributed by atoms with Crippen LogP contribution in [0.15, 0.2) is 24.3 Å². The van der Waals surface area contributed by atoms with Crippen molar-refractivity contribution >= 4 is 17.7 Å². The van der Waals surface area contributed by atoms with Crippen LogP contribution in [-0.2, 0) is 9.59 Å². The van der Waals surface area contributed by atoms with Gasteiger partial charge in [0.2, 0.25) is 11.8 Å². The number of carbonyl (C=O) groups excluding carboxylic acids is 3. The van der Waals surface area contributed by atoms with Crippen LogP contribution in [0.5, 0.6) is 0 Å². The summed E-state index contributed by atoms with van der Waals surface area (Å²) in [6.45, 7) is 8.04. The van der Waals surface area contributed by atoms with E-state index in [9.17, 15) is 14.4 Å². The average molecular weight is 400 g/mol. The molecule has 158 valence electrons. The number of nitrogens with one attached hydrogen (secondary N) is 1. The van der Waals surface area contributed by atoms with Gasteiger partial charge in [-0.3, -0.25) is 14.4 Å². The molecule has 3 amide bonds. The summed E-state index contributed by atoms with van der Waals surface area (Å²) in [7, 11) is 0. The first kappa shape index (κ1) is 21.3. The van der Waals surface area contributed by atoms with Crippen molar-refractivity contribution in [2.45, 2.75) is 52.5 Å². The van der Waals surface area contributed by atoms with Crippen molar-refractivity contribution in [2.24, 2.45) is 11.8 Å². The molecule has 0 aromatic heterocycles. The van der Waals surface area contributed by atoms with Crippen molar-refractivity contribution in [1.82, 2.24) is 15.1 Å². The molecule has 0 radical (unpaired) electrons. The van der Waals surface area contributed by atoms with E-state index >= 15 is 0 Å². The maximum absolute atomic E-state index is 13.1. The molecule has 1 unspecified atom stereocenters. The molecule has 1 aromatic rings. The molecule has 0 bridgehead atoms. The van der Waals surface area contributed by atoms with Gasteiger partial charge in [0.05, 0.1) is 0 Å². The zero-order valence-corrected chi connectivity index (χ0v) is 17.8. The summed E-state index contributed by atoms with van der Waals surface area (Å²) < 4.78 is 0. The molecule has 3 rings (SSSR count). The molecular formula is C23H33N3O3. The van der Waals surface area contributed by atoms with E-state index in [4.69, 9.17) is 0 Å². The summed E-state index contributed by atoms with van der Waals surface area (Å²) in [5.74, 6) is 0.121. The van der Waals surface area contributed by atoms with Crippen molar-refractivity contribution in [3.63, 3.8) is 0 Å². The molecule has 1 aliphatic heterocycles. The molecule has 1 aliphatic carbocycles. The van der Waals surface area contributed by atoms with Crippen molar-refractivity contribution in [3.8, 4) is 0 Å². The Labute approximate surface area is 173 Å². The summed E-state index contributed by atoms with van der Waals surface area (Å²) in [6.07, 6.45) is 4.29. The van der Waals surface area contributed by atoms with E-state index in [2.05, 4.69) is 5.32 Å². The zero-order chi connectivity index (χ0) is 21.0. The molecule has 1 saturated heterocycles. The number of benzene rings is 1. The van der Waals surface area contributed by atoms with Gasteiger partial charge in [-0.15, -0.1) is 0 Å². The Morgan fingerprint density at radius 1 is 1.00 bits per heavy atom. The quantitative estimate of drug-likeness (QED) is 0.827. The number of nitrogens with zero attached hydrogens (tertiary/aromatic N) is 2. The molecule has 29 heavy (non-hydrogen) atoms. The summed E-state index contributed by atoms with van der Waals surface area (Å²) in [6, 6.07) is 6.80. The molecule has 6 nitrogen and oxygen atoms in total. The second-order valence-corrected chi connectivity index (χ2v) is 8.70. The van der Waals surface area contributed by atoms with Crippen LogP contribution in [0.4, 0.5) is 0 Å². The highest BCUT2D eigenvalue weighted by Crippen LogP contribution is 2.27. The minimum atomic E-state index is -0.569. The predicted octanol–water partition coefficient (Wildman–Crippen LogP) is 2.61. The minimum absolute atomic E-state index is 0.0191. The van der Waals surface area contributed by atoms with Gasteiger partial charge in [0, 0.05) is 37.7 Å². The van der Waals surface area contributed by atoms with Crippen molar-refractivity contribution in [2.75, 3.05) is 26.2 Å². The number of aryl methyl sites for hydroxylation is 1. The molecule has 1 saturated carbocycles. The standard InChI is InChI=1S/C23H33N3O3/c1-16(2)20(24-21(27)19-10-6-7-17(3)15-19)23(29)26-13-11-25(12-14-26)22(28)18-8-4-5-9-18/h6-7,10,15-16,18,20H,4-5,8-9,11-14H2,1-3H3,(H,24,27). The first-order chi connectivity index (χ1) is 13.9. The molecule has 2 aliphatic rings.